The topological polar surface area (TPSA) is 32.3 Å². The zero-order valence-corrected chi connectivity index (χ0v) is 22.2. The lowest BCUT2D eigenvalue weighted by Crippen LogP contribution is -2.45. The minimum absolute atomic E-state index is 0.0536. The molecule has 0 radical (unpaired) electrons. The number of halogens is 3. The number of rotatable bonds is 9. The zero-order chi connectivity index (χ0) is 27.2. The second-order valence-electron chi connectivity index (χ2n) is 10.6. The fourth-order valence-electron chi connectivity index (χ4n) is 5.40. The van der Waals surface area contributed by atoms with E-state index in [0.717, 1.165) is 69.4 Å². The lowest BCUT2D eigenvalue weighted by atomic mass is 9.76. The van der Waals surface area contributed by atoms with Crippen LogP contribution in [0, 0.1) is 0 Å². The summed E-state index contributed by atoms with van der Waals surface area (Å²) in [6.07, 6.45) is 0.364. The number of carbonyl (C=O) groups excluding carboxylic acids is 1. The number of nitrogens with one attached hydrogen (secondary N) is 1. The Morgan fingerprint density at radius 3 is 2.16 bits per heavy atom. The molecular formula is C32H37F3N2O. The van der Waals surface area contributed by atoms with Gasteiger partial charge in [-0.25, -0.2) is 0 Å². The molecule has 3 nitrogen and oxygen atoms in total. The SMILES string of the molecule is CCC(C)(CCCN1CCC(NC(=O)c2cc(C(F)(F)F)ccc2-c2ccccc2)CC1)c1ccccc1. The molecule has 3 aromatic rings. The van der Waals surface area contributed by atoms with E-state index in [1.54, 1.807) is 12.1 Å². The predicted octanol–water partition coefficient (Wildman–Crippen LogP) is 7.71. The molecule has 0 aliphatic carbocycles. The summed E-state index contributed by atoms with van der Waals surface area (Å²) in [6.45, 7) is 7.33. The van der Waals surface area contributed by atoms with E-state index in [9.17, 15) is 18.0 Å². The molecule has 1 atom stereocenters. The Bertz CT molecular complexity index is 1190. The highest BCUT2D eigenvalue weighted by Crippen LogP contribution is 2.34. The fourth-order valence-corrected chi connectivity index (χ4v) is 5.40. The van der Waals surface area contributed by atoms with Crippen molar-refractivity contribution in [2.45, 2.75) is 63.6 Å². The van der Waals surface area contributed by atoms with Gasteiger partial charge in [0.25, 0.3) is 5.91 Å². The second kappa shape index (κ2) is 12.2. The normalized spacial score (nSPS) is 16.7. The van der Waals surface area contributed by atoms with Crippen molar-refractivity contribution in [2.24, 2.45) is 0 Å². The molecule has 202 valence electrons. The molecule has 1 unspecified atom stereocenters. The molecule has 0 saturated carbocycles. The van der Waals surface area contributed by atoms with E-state index in [1.807, 2.05) is 18.2 Å². The predicted molar refractivity (Wildman–Crippen MR) is 147 cm³/mol. The van der Waals surface area contributed by atoms with Gasteiger partial charge < -0.3 is 10.2 Å². The zero-order valence-electron chi connectivity index (χ0n) is 22.2. The molecule has 4 rings (SSSR count). The van der Waals surface area contributed by atoms with Crippen LogP contribution >= 0.6 is 0 Å². The average Bonchev–Trinajstić information content (AvgIpc) is 2.94. The third-order valence-corrected chi connectivity index (χ3v) is 8.05. The van der Waals surface area contributed by atoms with Crippen molar-refractivity contribution in [2.75, 3.05) is 19.6 Å². The van der Waals surface area contributed by atoms with Crippen molar-refractivity contribution in [1.29, 1.82) is 0 Å². The smallest absolute Gasteiger partial charge is 0.349 e. The van der Waals surface area contributed by atoms with E-state index < -0.39 is 17.6 Å². The highest BCUT2D eigenvalue weighted by atomic mass is 19.4. The summed E-state index contributed by atoms with van der Waals surface area (Å²) in [7, 11) is 0. The molecule has 1 saturated heterocycles. The van der Waals surface area contributed by atoms with Gasteiger partial charge in [-0.05, 0) is 72.9 Å². The lowest BCUT2D eigenvalue weighted by Gasteiger charge is -2.34. The number of nitrogens with zero attached hydrogens (tertiary/aromatic N) is 1. The van der Waals surface area contributed by atoms with Gasteiger partial charge in [-0.3, -0.25) is 4.79 Å². The summed E-state index contributed by atoms with van der Waals surface area (Å²) < 4.78 is 40.3. The van der Waals surface area contributed by atoms with E-state index in [4.69, 9.17) is 0 Å². The number of hydrogen-bond acceptors (Lipinski definition) is 2. The van der Waals surface area contributed by atoms with E-state index >= 15 is 0 Å². The number of carbonyl (C=O) groups is 1. The first kappa shape index (κ1) is 27.9. The first-order valence-corrected chi connectivity index (χ1v) is 13.5. The summed E-state index contributed by atoms with van der Waals surface area (Å²) >= 11 is 0. The van der Waals surface area contributed by atoms with Crippen LogP contribution in [0.1, 0.15) is 67.4 Å². The van der Waals surface area contributed by atoms with Crippen LogP contribution in [-0.4, -0.2) is 36.5 Å². The van der Waals surface area contributed by atoms with Crippen LogP contribution in [-0.2, 0) is 11.6 Å². The maximum atomic E-state index is 13.4. The molecule has 6 heteroatoms. The van der Waals surface area contributed by atoms with Crippen molar-refractivity contribution in [3.63, 3.8) is 0 Å². The van der Waals surface area contributed by atoms with Gasteiger partial charge in [-0.1, -0.05) is 80.6 Å². The van der Waals surface area contributed by atoms with E-state index in [0.29, 0.717) is 5.56 Å². The summed E-state index contributed by atoms with van der Waals surface area (Å²) in [6, 6.07) is 23.1. The maximum absolute atomic E-state index is 13.4. The van der Waals surface area contributed by atoms with Crippen LogP contribution < -0.4 is 5.32 Å². The molecule has 1 heterocycles. The number of piperidine rings is 1. The number of alkyl halides is 3. The molecule has 0 bridgehead atoms. The molecule has 1 aliphatic heterocycles. The van der Waals surface area contributed by atoms with E-state index in [2.05, 4.69) is 54.4 Å². The maximum Gasteiger partial charge on any atom is 0.416 e. The van der Waals surface area contributed by atoms with Crippen LogP contribution in [0.3, 0.4) is 0 Å². The van der Waals surface area contributed by atoms with Gasteiger partial charge in [-0.15, -0.1) is 0 Å². The van der Waals surface area contributed by atoms with Crippen LogP contribution in [0.15, 0.2) is 78.9 Å². The van der Waals surface area contributed by atoms with Crippen molar-refractivity contribution in [3.05, 3.63) is 95.6 Å². The molecule has 38 heavy (non-hydrogen) atoms. The Kier molecular flexibility index (Phi) is 8.93. The van der Waals surface area contributed by atoms with Crippen LogP contribution in [0.4, 0.5) is 13.2 Å². The molecule has 1 N–H and O–H groups in total. The third-order valence-electron chi connectivity index (χ3n) is 8.05. The quantitative estimate of drug-likeness (QED) is 0.312. The molecule has 0 aromatic heterocycles. The van der Waals surface area contributed by atoms with Gasteiger partial charge in [-0.2, -0.15) is 13.2 Å². The van der Waals surface area contributed by atoms with Gasteiger partial charge in [0.05, 0.1) is 5.56 Å². The van der Waals surface area contributed by atoms with Crippen LogP contribution in [0.2, 0.25) is 0 Å². The van der Waals surface area contributed by atoms with Crippen molar-refractivity contribution >= 4 is 5.91 Å². The summed E-state index contributed by atoms with van der Waals surface area (Å²) in [5, 5.41) is 3.02. The first-order valence-electron chi connectivity index (χ1n) is 13.5. The monoisotopic (exact) mass is 522 g/mol. The first-order chi connectivity index (χ1) is 18.2. The molecule has 1 aliphatic rings. The Morgan fingerprint density at radius 2 is 1.55 bits per heavy atom. The van der Waals surface area contributed by atoms with Gasteiger partial charge >= 0.3 is 6.18 Å². The molecular weight excluding hydrogens is 485 g/mol. The van der Waals surface area contributed by atoms with Crippen molar-refractivity contribution < 1.29 is 18.0 Å². The Balaban J connectivity index is 1.34. The molecule has 1 amide bonds. The summed E-state index contributed by atoms with van der Waals surface area (Å²) in [5.74, 6) is -0.449. The number of likely N-dealkylation sites (tertiary alicyclic amines) is 1. The molecule has 3 aromatic carbocycles. The van der Waals surface area contributed by atoms with Gasteiger partial charge in [0.1, 0.15) is 0 Å². The van der Waals surface area contributed by atoms with Crippen molar-refractivity contribution in [1.82, 2.24) is 10.2 Å². The summed E-state index contributed by atoms with van der Waals surface area (Å²) in [4.78, 5) is 15.7. The van der Waals surface area contributed by atoms with Gasteiger partial charge in [0.15, 0.2) is 0 Å². The van der Waals surface area contributed by atoms with Gasteiger partial charge in [0.2, 0.25) is 0 Å². The van der Waals surface area contributed by atoms with E-state index in [1.165, 1.54) is 11.6 Å². The highest BCUT2D eigenvalue weighted by molar-refractivity contribution is 6.01. The van der Waals surface area contributed by atoms with Crippen LogP contribution in [0.25, 0.3) is 11.1 Å². The minimum Gasteiger partial charge on any atom is -0.349 e. The Labute approximate surface area is 224 Å². The third kappa shape index (κ3) is 6.84. The fraction of sp³-hybridized carbons (Fsp3) is 0.406. The Hall–Kier alpha value is -3.12. The average molecular weight is 523 g/mol. The standard InChI is InChI=1S/C32H37F3N2O/c1-3-31(2,25-13-8-5-9-14-25)19-10-20-37-21-17-27(18-22-37)36-30(38)29-23-26(32(33,34)35)15-16-28(29)24-11-6-4-7-12-24/h4-9,11-16,23,27H,3,10,17-22H2,1-2H3,(H,36,38). The minimum atomic E-state index is -4.51. The number of hydrogen-bond donors (Lipinski definition) is 1. The lowest BCUT2D eigenvalue weighted by molar-refractivity contribution is -0.137. The Morgan fingerprint density at radius 1 is 0.921 bits per heavy atom. The summed E-state index contributed by atoms with van der Waals surface area (Å²) in [5.41, 5.74) is 2.02. The largest absolute Gasteiger partial charge is 0.416 e. The van der Waals surface area contributed by atoms with E-state index in [-0.39, 0.29) is 17.0 Å². The number of amides is 1. The van der Waals surface area contributed by atoms with Crippen LogP contribution in [0.5, 0.6) is 0 Å². The molecule has 1 fully saturated rings. The van der Waals surface area contributed by atoms with Gasteiger partial charge in [0, 0.05) is 24.7 Å². The number of benzene rings is 3. The highest BCUT2D eigenvalue weighted by Gasteiger charge is 2.32. The molecule has 0 spiro atoms. The van der Waals surface area contributed by atoms with Crippen molar-refractivity contribution in [3.8, 4) is 11.1 Å². The second-order valence-corrected chi connectivity index (χ2v) is 10.6.